The molecule has 0 fully saturated rings. The molecule has 5 heteroatoms. The van der Waals surface area contributed by atoms with Crippen LogP contribution < -0.4 is 0 Å². The lowest BCUT2D eigenvalue weighted by atomic mass is 9.92. The maximum absolute atomic E-state index is 12.9. The summed E-state index contributed by atoms with van der Waals surface area (Å²) in [6, 6.07) is 5.00. The Labute approximate surface area is 91.0 Å². The molecular weight excluding hydrogens is 224 g/mol. The maximum atomic E-state index is 12.9. The van der Waals surface area contributed by atoms with E-state index in [1.165, 1.54) is 32.2 Å². The van der Waals surface area contributed by atoms with Gasteiger partial charge in [-0.15, -0.1) is 0 Å². The Morgan fingerprint density at radius 2 is 1.88 bits per heavy atom. The molecule has 0 amide bonds. The third kappa shape index (κ3) is 3.20. The summed E-state index contributed by atoms with van der Waals surface area (Å²) in [6.45, 7) is 1.29. The minimum absolute atomic E-state index is 0.173. The average Bonchev–Trinajstić information content (AvgIpc) is 2.15. The molecule has 1 nitrogen and oxygen atoms in total. The number of rotatable bonds is 3. The predicted octanol–water partition coefficient (Wildman–Crippen LogP) is 3.64. The third-order valence-corrected chi connectivity index (χ3v) is 2.42. The van der Waals surface area contributed by atoms with E-state index in [1.807, 2.05) is 0 Å². The van der Waals surface area contributed by atoms with Crippen molar-refractivity contribution >= 4 is 0 Å². The van der Waals surface area contributed by atoms with Gasteiger partial charge in [0.1, 0.15) is 5.82 Å². The van der Waals surface area contributed by atoms with Crippen LogP contribution in [0.5, 0.6) is 0 Å². The molecule has 0 spiro atoms. The fourth-order valence-electron chi connectivity index (χ4n) is 1.49. The number of methoxy groups -OCH3 is 1. The SMILES string of the molecule is COC(C)(CC(F)(F)F)c1cccc(F)c1. The lowest BCUT2D eigenvalue weighted by Gasteiger charge is -2.29. The first-order valence-corrected chi connectivity index (χ1v) is 4.65. The summed E-state index contributed by atoms with van der Waals surface area (Å²) in [6.07, 6.45) is -5.52. The fourth-order valence-corrected chi connectivity index (χ4v) is 1.49. The van der Waals surface area contributed by atoms with E-state index in [2.05, 4.69) is 0 Å². The van der Waals surface area contributed by atoms with Crippen LogP contribution >= 0.6 is 0 Å². The highest BCUT2D eigenvalue weighted by molar-refractivity contribution is 5.23. The molecule has 0 N–H and O–H groups in total. The molecule has 1 rings (SSSR count). The van der Waals surface area contributed by atoms with Gasteiger partial charge in [0.15, 0.2) is 0 Å². The molecule has 0 saturated heterocycles. The molecule has 1 atom stereocenters. The summed E-state index contributed by atoms with van der Waals surface area (Å²) < 4.78 is 54.8. The standard InChI is InChI=1S/C11H12F4O/c1-10(16-2,7-11(13,14)15)8-4-3-5-9(12)6-8/h3-6H,7H2,1-2H3. The largest absolute Gasteiger partial charge is 0.392 e. The van der Waals surface area contributed by atoms with Gasteiger partial charge in [0.2, 0.25) is 0 Å². The lowest BCUT2D eigenvalue weighted by molar-refractivity contribution is -0.181. The van der Waals surface area contributed by atoms with Gasteiger partial charge in [-0.05, 0) is 24.6 Å². The van der Waals surface area contributed by atoms with Gasteiger partial charge in [0, 0.05) is 7.11 Å². The molecule has 0 bridgehead atoms. The highest BCUT2D eigenvalue weighted by atomic mass is 19.4. The van der Waals surface area contributed by atoms with Crippen molar-refractivity contribution in [3.63, 3.8) is 0 Å². The van der Waals surface area contributed by atoms with Crippen molar-refractivity contribution < 1.29 is 22.3 Å². The Morgan fingerprint density at radius 1 is 1.25 bits per heavy atom. The molecule has 0 heterocycles. The summed E-state index contributed by atoms with van der Waals surface area (Å²) in [5.74, 6) is -0.581. The maximum Gasteiger partial charge on any atom is 0.392 e. The van der Waals surface area contributed by atoms with Gasteiger partial charge in [-0.25, -0.2) is 4.39 Å². The van der Waals surface area contributed by atoms with E-state index in [1.54, 1.807) is 0 Å². The monoisotopic (exact) mass is 236 g/mol. The molecule has 16 heavy (non-hydrogen) atoms. The van der Waals surface area contributed by atoms with Crippen molar-refractivity contribution in [1.82, 2.24) is 0 Å². The van der Waals surface area contributed by atoms with Gasteiger partial charge in [-0.2, -0.15) is 13.2 Å². The van der Waals surface area contributed by atoms with Crippen LogP contribution in [0.15, 0.2) is 24.3 Å². The van der Waals surface area contributed by atoms with Crippen molar-refractivity contribution in [1.29, 1.82) is 0 Å². The van der Waals surface area contributed by atoms with Crippen molar-refractivity contribution in [2.45, 2.75) is 25.1 Å². The minimum Gasteiger partial charge on any atom is -0.373 e. The highest BCUT2D eigenvalue weighted by Gasteiger charge is 2.40. The predicted molar refractivity (Wildman–Crippen MR) is 51.4 cm³/mol. The van der Waals surface area contributed by atoms with E-state index >= 15 is 0 Å². The number of benzene rings is 1. The third-order valence-electron chi connectivity index (χ3n) is 2.42. The number of alkyl halides is 3. The summed E-state index contributed by atoms with van der Waals surface area (Å²) in [5, 5.41) is 0. The van der Waals surface area contributed by atoms with Crippen LogP contribution in [-0.4, -0.2) is 13.3 Å². The number of ether oxygens (including phenoxy) is 1. The second kappa shape index (κ2) is 4.41. The summed E-state index contributed by atoms with van der Waals surface area (Å²) in [5.41, 5.74) is -1.38. The van der Waals surface area contributed by atoms with Gasteiger partial charge < -0.3 is 4.74 Å². The van der Waals surface area contributed by atoms with Gasteiger partial charge in [-0.3, -0.25) is 0 Å². The quantitative estimate of drug-likeness (QED) is 0.728. The van der Waals surface area contributed by atoms with E-state index in [9.17, 15) is 17.6 Å². The number of halogens is 4. The molecule has 0 aliphatic rings. The van der Waals surface area contributed by atoms with Gasteiger partial charge >= 0.3 is 6.18 Å². The van der Waals surface area contributed by atoms with E-state index in [4.69, 9.17) is 4.74 Å². The van der Waals surface area contributed by atoms with Crippen molar-refractivity contribution in [3.8, 4) is 0 Å². The Bertz CT molecular complexity index is 361. The van der Waals surface area contributed by atoms with Crippen molar-refractivity contribution in [3.05, 3.63) is 35.6 Å². The second-order valence-corrected chi connectivity index (χ2v) is 3.74. The average molecular weight is 236 g/mol. The fraction of sp³-hybridized carbons (Fsp3) is 0.455. The topological polar surface area (TPSA) is 9.23 Å². The van der Waals surface area contributed by atoms with Gasteiger partial charge in [0.05, 0.1) is 12.0 Å². The number of hydrogen-bond donors (Lipinski definition) is 0. The Hall–Kier alpha value is -1.10. The van der Waals surface area contributed by atoms with Crippen molar-refractivity contribution in [2.75, 3.05) is 7.11 Å². The zero-order valence-corrected chi connectivity index (χ0v) is 8.94. The van der Waals surface area contributed by atoms with E-state index in [-0.39, 0.29) is 5.56 Å². The molecule has 0 radical (unpaired) electrons. The minimum atomic E-state index is -4.36. The Kier molecular flexibility index (Phi) is 3.57. The van der Waals surface area contributed by atoms with Crippen LogP contribution in [-0.2, 0) is 10.3 Å². The molecular formula is C11H12F4O. The second-order valence-electron chi connectivity index (χ2n) is 3.74. The van der Waals surface area contributed by atoms with Crippen LogP contribution in [0.1, 0.15) is 18.9 Å². The first-order chi connectivity index (χ1) is 7.27. The zero-order chi connectivity index (χ0) is 12.4. The Morgan fingerprint density at radius 3 is 2.31 bits per heavy atom. The van der Waals surface area contributed by atoms with Gasteiger partial charge in [-0.1, -0.05) is 12.1 Å². The molecule has 0 aromatic heterocycles. The van der Waals surface area contributed by atoms with Crippen LogP contribution in [0.2, 0.25) is 0 Å². The molecule has 0 aliphatic carbocycles. The molecule has 0 saturated carbocycles. The van der Waals surface area contributed by atoms with E-state index in [0.717, 1.165) is 6.07 Å². The molecule has 1 aromatic carbocycles. The summed E-state index contributed by atoms with van der Waals surface area (Å²) in [7, 11) is 1.18. The van der Waals surface area contributed by atoms with E-state index in [0.29, 0.717) is 0 Å². The van der Waals surface area contributed by atoms with Crippen molar-refractivity contribution in [2.24, 2.45) is 0 Å². The highest BCUT2D eigenvalue weighted by Crippen LogP contribution is 2.36. The molecule has 1 aromatic rings. The van der Waals surface area contributed by atoms with Crippen LogP contribution in [0.4, 0.5) is 17.6 Å². The zero-order valence-electron chi connectivity index (χ0n) is 8.94. The molecule has 0 aliphatic heterocycles. The number of hydrogen-bond acceptors (Lipinski definition) is 1. The molecule has 1 unspecified atom stereocenters. The van der Waals surface area contributed by atoms with Crippen LogP contribution in [0.3, 0.4) is 0 Å². The normalized spacial score (nSPS) is 15.9. The smallest absolute Gasteiger partial charge is 0.373 e. The molecule has 90 valence electrons. The van der Waals surface area contributed by atoms with Crippen LogP contribution in [0.25, 0.3) is 0 Å². The Balaban J connectivity index is 3.05. The van der Waals surface area contributed by atoms with E-state index < -0.39 is 24.0 Å². The summed E-state index contributed by atoms with van der Waals surface area (Å²) in [4.78, 5) is 0. The lowest BCUT2D eigenvalue weighted by Crippen LogP contribution is -2.31. The van der Waals surface area contributed by atoms with Crippen LogP contribution in [0, 0.1) is 5.82 Å². The summed E-state index contributed by atoms with van der Waals surface area (Å²) >= 11 is 0. The van der Waals surface area contributed by atoms with Gasteiger partial charge in [0.25, 0.3) is 0 Å². The first-order valence-electron chi connectivity index (χ1n) is 4.65. The first kappa shape index (κ1) is 13.0.